The van der Waals surface area contributed by atoms with E-state index in [4.69, 9.17) is 6.43 Å². The van der Waals surface area contributed by atoms with Gasteiger partial charge in [0.1, 0.15) is 0 Å². The quantitative estimate of drug-likeness (QED) is 0.0957. The second-order valence-electron chi connectivity index (χ2n) is 9.39. The van der Waals surface area contributed by atoms with Gasteiger partial charge in [0.25, 0.3) is 0 Å². The summed E-state index contributed by atoms with van der Waals surface area (Å²) in [5.41, 5.74) is 0. The first-order valence-electron chi connectivity index (χ1n) is 13.3. The van der Waals surface area contributed by atoms with E-state index in [2.05, 4.69) is 47.6 Å². The van der Waals surface area contributed by atoms with Gasteiger partial charge in [-0.05, 0) is 0 Å². The fourth-order valence-corrected chi connectivity index (χ4v) is 30.2. The van der Waals surface area contributed by atoms with Crippen LogP contribution in [0.3, 0.4) is 0 Å². The van der Waals surface area contributed by atoms with Crippen LogP contribution in [-0.2, 0) is 0 Å². The minimum absolute atomic E-state index is 1.32. The summed E-state index contributed by atoms with van der Waals surface area (Å²) in [4.78, 5) is 0. The van der Waals surface area contributed by atoms with Crippen LogP contribution in [0.25, 0.3) is 0 Å². The molecule has 0 aromatic rings. The molecule has 0 bridgehead atoms. The van der Waals surface area contributed by atoms with Gasteiger partial charge in [0.05, 0.1) is 0 Å². The fourth-order valence-electron chi connectivity index (χ4n) is 4.36. The van der Waals surface area contributed by atoms with Gasteiger partial charge in [-0.2, -0.15) is 0 Å². The summed E-state index contributed by atoms with van der Waals surface area (Å²) in [6, 6.07) is 3.56. The second kappa shape index (κ2) is 19.6. The van der Waals surface area contributed by atoms with Gasteiger partial charge < -0.3 is 0 Å². The van der Waals surface area contributed by atoms with Crippen LogP contribution in [-0.4, -0.2) is 43.3 Å². The van der Waals surface area contributed by atoms with E-state index >= 15 is 0 Å². The summed E-state index contributed by atoms with van der Waals surface area (Å²) < 4.78 is 19.5. The van der Waals surface area contributed by atoms with Crippen molar-refractivity contribution >= 4 is 43.3 Å². The molecular weight excluding hydrogens is 566 g/mol. The third kappa shape index (κ3) is 13.9. The summed E-state index contributed by atoms with van der Waals surface area (Å²) in [5.74, 6) is 0. The maximum absolute atomic E-state index is 5.42. The van der Waals surface area contributed by atoms with Crippen molar-refractivity contribution in [3.8, 4) is 0 Å². The topological polar surface area (TPSA) is 24.7 Å². The van der Waals surface area contributed by atoms with Crippen LogP contribution in [0.15, 0.2) is 6.43 Å². The molecule has 0 rings (SSSR count). The maximum atomic E-state index is 5.42. The van der Waals surface area contributed by atoms with Gasteiger partial charge in [-0.1, -0.05) is 0 Å². The van der Waals surface area contributed by atoms with E-state index in [-0.39, 0.29) is 0 Å². The van der Waals surface area contributed by atoms with Gasteiger partial charge in [-0.25, -0.2) is 0 Å². The molecule has 0 fully saturated rings. The van der Waals surface area contributed by atoms with E-state index in [1.54, 1.807) is 0 Å². The van der Waals surface area contributed by atoms with E-state index in [1.165, 1.54) is 104 Å². The molecule has 0 atom stereocenters. The number of rotatable bonds is 20. The van der Waals surface area contributed by atoms with Crippen molar-refractivity contribution in [1.29, 1.82) is 0 Å². The summed E-state index contributed by atoms with van der Waals surface area (Å²) in [6.45, 7) is 14.1. The van der Waals surface area contributed by atoms with Crippen LogP contribution in [0.5, 0.6) is 0 Å². The van der Waals surface area contributed by atoms with Crippen LogP contribution >= 0.6 is 0 Å². The number of nitrogens with zero attached hydrogens (tertiary/aromatic N) is 2. The predicted octanol–water partition coefficient (Wildman–Crippen LogP) is 9.85. The van der Waals surface area contributed by atoms with Crippen molar-refractivity contribution in [1.82, 2.24) is 0 Å². The molecule has 0 N–H and O–H groups in total. The van der Waals surface area contributed by atoms with Gasteiger partial charge in [-0.3, -0.25) is 0 Å². The molecule has 0 radical (unpaired) electrons. The normalized spacial score (nSPS) is 12.1. The molecular formula is C25H54N2Sn2. The molecule has 0 unspecified atom stereocenters. The van der Waals surface area contributed by atoms with E-state index < -0.39 is 37.3 Å². The van der Waals surface area contributed by atoms with Crippen molar-refractivity contribution in [3.05, 3.63) is 0 Å². The number of unbranched alkanes of at least 4 members (excludes halogenated alkanes) is 6. The molecule has 0 aromatic heterocycles. The second-order valence-corrected chi connectivity index (χ2v) is 33.2. The summed E-state index contributed by atoms with van der Waals surface area (Å²) in [5, 5.41) is 0. The van der Waals surface area contributed by atoms with E-state index in [9.17, 15) is 0 Å². The van der Waals surface area contributed by atoms with Crippen LogP contribution in [0.1, 0.15) is 119 Å². The zero-order chi connectivity index (χ0) is 21.8. The predicted molar refractivity (Wildman–Crippen MR) is 140 cm³/mol. The first-order valence-corrected chi connectivity index (χ1v) is 27.9. The molecule has 0 amide bonds. The minimum atomic E-state index is -2.48. The Morgan fingerprint density at radius 3 is 0.793 bits per heavy atom. The van der Waals surface area contributed by atoms with Crippen LogP contribution in [0.2, 0.25) is 26.6 Å². The molecule has 0 spiro atoms. The van der Waals surface area contributed by atoms with Gasteiger partial charge in [0.2, 0.25) is 0 Å². The van der Waals surface area contributed by atoms with E-state index in [1.807, 2.05) is 0 Å². The van der Waals surface area contributed by atoms with Crippen LogP contribution < -0.4 is 0 Å². The van der Waals surface area contributed by atoms with E-state index in [0.717, 1.165) is 0 Å². The molecule has 0 saturated heterocycles. The molecule has 0 aliphatic rings. The number of hydrogen-bond donors (Lipinski definition) is 0. The molecule has 0 heterocycles. The van der Waals surface area contributed by atoms with Gasteiger partial charge in [0, 0.05) is 0 Å². The Kier molecular flexibility index (Phi) is 20.3. The van der Waals surface area contributed by atoms with Crippen LogP contribution in [0.4, 0.5) is 0 Å². The monoisotopic (exact) mass is 622 g/mol. The Balaban J connectivity index is 5.79. The Morgan fingerprint density at radius 1 is 0.414 bits per heavy atom. The molecule has 0 aliphatic heterocycles. The van der Waals surface area contributed by atoms with Gasteiger partial charge in [0.15, 0.2) is 0 Å². The van der Waals surface area contributed by atoms with Gasteiger partial charge >= 0.3 is 195 Å². The van der Waals surface area contributed by atoms with Crippen molar-refractivity contribution < 1.29 is 0 Å². The summed E-state index contributed by atoms with van der Waals surface area (Å²) >= 11 is -4.95. The first-order chi connectivity index (χ1) is 14.1. The van der Waals surface area contributed by atoms with Gasteiger partial charge in [-0.15, -0.1) is 0 Å². The molecule has 172 valence electrons. The first kappa shape index (κ1) is 30.0. The summed E-state index contributed by atoms with van der Waals surface area (Å²) in [7, 11) is 0. The Hall–Kier alpha value is 0.977. The standard InChI is InChI=1S/6C4H9.CN2.2Sn/c6*1-3-4-2;2-1-3;;/h6*1,3-4H2,2H3;;;/q;;;;;;-2;2*+1. The van der Waals surface area contributed by atoms with Crippen molar-refractivity contribution in [2.75, 3.05) is 0 Å². The average molecular weight is 620 g/mol. The van der Waals surface area contributed by atoms with Crippen molar-refractivity contribution in [3.63, 3.8) is 0 Å². The van der Waals surface area contributed by atoms with Crippen molar-refractivity contribution in [2.45, 2.75) is 145 Å². The molecule has 0 aromatic carbocycles. The molecule has 2 nitrogen and oxygen atoms in total. The molecule has 29 heavy (non-hydrogen) atoms. The third-order valence-corrected chi connectivity index (χ3v) is 31.8. The molecule has 0 saturated carbocycles. The van der Waals surface area contributed by atoms with E-state index in [0.29, 0.717) is 0 Å². The average Bonchev–Trinajstić information content (AvgIpc) is 2.75. The number of hydrogen-bond acceptors (Lipinski definition) is 2. The SMILES string of the molecule is CCC[CH2][Sn]([CH2]CCC)([CH2]CCC)[N]=C=[N][Sn]([CH2]CCC)([CH2]CCC)[CH2]CCC. The Bertz CT molecular complexity index is 351. The zero-order valence-electron chi connectivity index (χ0n) is 21.1. The zero-order valence-corrected chi connectivity index (χ0v) is 26.8. The van der Waals surface area contributed by atoms with Crippen molar-refractivity contribution in [2.24, 2.45) is 6.43 Å². The molecule has 0 aliphatic carbocycles. The Labute approximate surface area is 193 Å². The molecule has 4 heteroatoms. The summed E-state index contributed by atoms with van der Waals surface area (Å²) in [6.07, 6.45) is 16.2. The fraction of sp³-hybridized carbons (Fsp3) is 0.960. The Morgan fingerprint density at radius 2 is 0.621 bits per heavy atom. The third-order valence-electron chi connectivity index (χ3n) is 6.55. The van der Waals surface area contributed by atoms with Crippen LogP contribution in [0, 0.1) is 0 Å².